The number of carbonyl (C=O) groups excluding carboxylic acids is 2. The molecule has 0 bridgehead atoms. The lowest BCUT2D eigenvalue weighted by Crippen LogP contribution is -2.38. The summed E-state index contributed by atoms with van der Waals surface area (Å²) < 4.78 is 0. The van der Waals surface area contributed by atoms with Crippen LogP contribution in [0.3, 0.4) is 0 Å². The van der Waals surface area contributed by atoms with Crippen LogP contribution in [-0.2, 0) is 10.2 Å². The number of benzene rings is 2. The van der Waals surface area contributed by atoms with Gasteiger partial charge < -0.3 is 10.6 Å². The Labute approximate surface area is 173 Å². The Kier molecular flexibility index (Phi) is 5.70. The van der Waals surface area contributed by atoms with E-state index in [0.29, 0.717) is 11.5 Å². The minimum atomic E-state index is -0.368. The predicted molar refractivity (Wildman–Crippen MR) is 116 cm³/mol. The molecule has 0 atom stereocenters. The van der Waals surface area contributed by atoms with Gasteiger partial charge in [0.2, 0.25) is 5.91 Å². The van der Waals surface area contributed by atoms with Crippen molar-refractivity contribution in [2.75, 3.05) is 11.9 Å². The Morgan fingerprint density at radius 2 is 1.66 bits per heavy atom. The topological polar surface area (TPSA) is 58.2 Å². The van der Waals surface area contributed by atoms with Crippen molar-refractivity contribution in [3.63, 3.8) is 0 Å². The van der Waals surface area contributed by atoms with E-state index < -0.39 is 0 Å². The fraction of sp³-hybridized carbons (Fsp3) is 0.440. The van der Waals surface area contributed by atoms with Crippen LogP contribution < -0.4 is 10.6 Å². The molecule has 0 radical (unpaired) electrons. The van der Waals surface area contributed by atoms with Crippen LogP contribution in [0, 0.1) is 12.8 Å². The van der Waals surface area contributed by atoms with Crippen LogP contribution in [0.15, 0.2) is 48.5 Å². The summed E-state index contributed by atoms with van der Waals surface area (Å²) in [4.78, 5) is 25.4. The molecule has 2 amide bonds. The molecule has 2 aromatic carbocycles. The molecule has 4 nitrogen and oxygen atoms in total. The van der Waals surface area contributed by atoms with Gasteiger partial charge in [-0.1, -0.05) is 49.6 Å². The van der Waals surface area contributed by atoms with Crippen molar-refractivity contribution in [3.8, 4) is 0 Å². The van der Waals surface area contributed by atoms with Gasteiger partial charge in [-0.25, -0.2) is 0 Å². The van der Waals surface area contributed by atoms with Crippen LogP contribution in [0.4, 0.5) is 5.69 Å². The molecule has 0 saturated heterocycles. The number of carbonyl (C=O) groups is 2. The van der Waals surface area contributed by atoms with Gasteiger partial charge in [0.15, 0.2) is 0 Å². The molecule has 2 aliphatic rings. The quantitative estimate of drug-likeness (QED) is 0.731. The average molecular weight is 391 g/mol. The van der Waals surface area contributed by atoms with E-state index in [9.17, 15) is 9.59 Å². The largest absolute Gasteiger partial charge is 0.355 e. The van der Waals surface area contributed by atoms with Crippen molar-refractivity contribution >= 4 is 17.5 Å². The fourth-order valence-corrected chi connectivity index (χ4v) is 4.47. The number of amides is 2. The van der Waals surface area contributed by atoms with Gasteiger partial charge in [-0.15, -0.1) is 0 Å². The molecule has 29 heavy (non-hydrogen) atoms. The summed E-state index contributed by atoms with van der Waals surface area (Å²) in [5.74, 6) is 0.699. The van der Waals surface area contributed by atoms with E-state index in [4.69, 9.17) is 0 Å². The molecular formula is C25H30N2O2. The molecular weight excluding hydrogens is 360 g/mol. The van der Waals surface area contributed by atoms with Gasteiger partial charge in [-0.05, 0) is 67.9 Å². The third kappa shape index (κ3) is 4.36. The van der Waals surface area contributed by atoms with Gasteiger partial charge in [0.05, 0.1) is 5.41 Å². The summed E-state index contributed by atoms with van der Waals surface area (Å²) in [7, 11) is 0. The zero-order valence-electron chi connectivity index (χ0n) is 17.2. The molecule has 2 aliphatic carbocycles. The van der Waals surface area contributed by atoms with E-state index in [1.54, 1.807) is 0 Å². The molecule has 0 aliphatic heterocycles. The molecule has 2 fully saturated rings. The highest BCUT2D eigenvalue weighted by molar-refractivity contribution is 6.05. The van der Waals surface area contributed by atoms with Gasteiger partial charge in [0.1, 0.15) is 0 Å². The lowest BCUT2D eigenvalue weighted by molar-refractivity contribution is -0.123. The zero-order chi connectivity index (χ0) is 20.3. The molecule has 0 aromatic heterocycles. The molecule has 2 aromatic rings. The maximum atomic E-state index is 12.9. The first kappa shape index (κ1) is 19.7. The highest BCUT2D eigenvalue weighted by atomic mass is 16.2. The van der Waals surface area contributed by atoms with Gasteiger partial charge in [0.25, 0.3) is 5.91 Å². The highest BCUT2D eigenvalue weighted by Crippen LogP contribution is 2.48. The molecule has 0 heterocycles. The number of anilines is 1. The smallest absolute Gasteiger partial charge is 0.255 e. The zero-order valence-corrected chi connectivity index (χ0v) is 17.2. The summed E-state index contributed by atoms with van der Waals surface area (Å²) >= 11 is 0. The monoisotopic (exact) mass is 390 g/mol. The van der Waals surface area contributed by atoms with Gasteiger partial charge in [-0.3, -0.25) is 9.59 Å². The van der Waals surface area contributed by atoms with E-state index in [0.717, 1.165) is 36.2 Å². The van der Waals surface area contributed by atoms with Gasteiger partial charge >= 0.3 is 0 Å². The molecule has 4 rings (SSSR count). The molecule has 0 spiro atoms. The number of nitrogens with one attached hydrogen (secondary N) is 2. The first-order chi connectivity index (χ1) is 14.1. The average Bonchev–Trinajstić information content (AvgIpc) is 3.56. The second-order valence-electron chi connectivity index (χ2n) is 8.64. The molecule has 2 N–H and O–H groups in total. The molecule has 0 unspecified atom stereocenters. The number of aryl methyl sites for hydroxylation is 1. The number of hydrogen-bond acceptors (Lipinski definition) is 2. The maximum Gasteiger partial charge on any atom is 0.255 e. The SMILES string of the molecule is Cc1ccccc1C(=O)Nc1ccc(C2(C(=O)NCC3CCCCC3)CC2)cc1. The number of hydrogen-bond donors (Lipinski definition) is 2. The van der Waals surface area contributed by atoms with E-state index in [1.807, 2.05) is 55.5 Å². The minimum absolute atomic E-state index is 0.109. The van der Waals surface area contributed by atoms with E-state index in [-0.39, 0.29) is 17.2 Å². The molecule has 152 valence electrons. The van der Waals surface area contributed by atoms with Crippen LogP contribution >= 0.6 is 0 Å². The van der Waals surface area contributed by atoms with E-state index in [1.165, 1.54) is 32.1 Å². The predicted octanol–water partition coefficient (Wildman–Crippen LogP) is 4.98. The second-order valence-corrected chi connectivity index (χ2v) is 8.64. The van der Waals surface area contributed by atoms with Crippen molar-refractivity contribution in [1.82, 2.24) is 5.32 Å². The summed E-state index contributed by atoms with van der Waals surface area (Å²) in [6.45, 7) is 2.74. The first-order valence-corrected chi connectivity index (χ1v) is 10.8. The highest BCUT2D eigenvalue weighted by Gasteiger charge is 2.51. The minimum Gasteiger partial charge on any atom is -0.355 e. The van der Waals surface area contributed by atoms with Crippen molar-refractivity contribution in [2.24, 2.45) is 5.92 Å². The molecule has 2 saturated carbocycles. The normalized spacial score (nSPS) is 18.1. The van der Waals surface area contributed by atoms with Gasteiger partial charge in [-0.2, -0.15) is 0 Å². The fourth-order valence-electron chi connectivity index (χ4n) is 4.47. The maximum absolute atomic E-state index is 12.9. The molecule has 4 heteroatoms. The third-order valence-electron chi connectivity index (χ3n) is 6.55. The van der Waals surface area contributed by atoms with Crippen molar-refractivity contribution in [2.45, 2.75) is 57.3 Å². The Morgan fingerprint density at radius 3 is 2.31 bits per heavy atom. The van der Waals surface area contributed by atoms with Crippen LogP contribution in [-0.4, -0.2) is 18.4 Å². The summed E-state index contributed by atoms with van der Waals surface area (Å²) in [6.07, 6.45) is 8.20. The van der Waals surface area contributed by atoms with Gasteiger partial charge in [0, 0.05) is 17.8 Å². The van der Waals surface area contributed by atoms with Crippen molar-refractivity contribution in [1.29, 1.82) is 0 Å². The van der Waals surface area contributed by atoms with E-state index >= 15 is 0 Å². The van der Waals surface area contributed by atoms with Crippen molar-refractivity contribution < 1.29 is 9.59 Å². The standard InChI is InChI=1S/C25H30N2O2/c1-18-7-5-6-10-22(18)23(28)27-21-13-11-20(12-14-21)25(15-16-25)24(29)26-17-19-8-3-2-4-9-19/h5-7,10-14,19H,2-4,8-9,15-17H2,1H3,(H,26,29)(H,27,28). The second kappa shape index (κ2) is 8.40. The lowest BCUT2D eigenvalue weighted by Gasteiger charge is -2.23. The van der Waals surface area contributed by atoms with Crippen LogP contribution in [0.25, 0.3) is 0 Å². The Morgan fingerprint density at radius 1 is 0.966 bits per heavy atom. The van der Waals surface area contributed by atoms with Crippen LogP contribution in [0.5, 0.6) is 0 Å². The Bertz CT molecular complexity index is 878. The summed E-state index contributed by atoms with van der Waals surface area (Å²) in [5.41, 5.74) is 3.06. The third-order valence-corrected chi connectivity index (χ3v) is 6.55. The van der Waals surface area contributed by atoms with Crippen molar-refractivity contribution in [3.05, 3.63) is 65.2 Å². The first-order valence-electron chi connectivity index (χ1n) is 10.8. The summed E-state index contributed by atoms with van der Waals surface area (Å²) in [6, 6.07) is 15.3. The van der Waals surface area contributed by atoms with Crippen LogP contribution in [0.2, 0.25) is 0 Å². The Balaban J connectivity index is 1.37. The van der Waals surface area contributed by atoms with Crippen LogP contribution in [0.1, 0.15) is 66.4 Å². The number of rotatable bonds is 6. The summed E-state index contributed by atoms with van der Waals surface area (Å²) in [5, 5.41) is 6.18. The lowest BCUT2D eigenvalue weighted by atomic mass is 9.88. The van der Waals surface area contributed by atoms with E-state index in [2.05, 4.69) is 10.6 Å². The Hall–Kier alpha value is -2.62.